The Bertz CT molecular complexity index is 1060. The average molecular weight is 423 g/mol. The zero-order valence-corrected chi connectivity index (χ0v) is 17.1. The molecule has 142 valence electrons. The first-order chi connectivity index (χ1) is 12.8. The summed E-state index contributed by atoms with van der Waals surface area (Å²) < 4.78 is 29.0. The van der Waals surface area contributed by atoms with Gasteiger partial charge in [0.2, 0.25) is 10.0 Å². The lowest BCUT2D eigenvalue weighted by atomic mass is 10.1. The van der Waals surface area contributed by atoms with Gasteiger partial charge in [0.05, 0.1) is 15.1 Å². The number of carboxylic acids is 1. The fourth-order valence-electron chi connectivity index (χ4n) is 2.39. The molecule has 0 aliphatic carbocycles. The summed E-state index contributed by atoms with van der Waals surface area (Å²) in [4.78, 5) is 16.9. The van der Waals surface area contributed by atoms with Crippen LogP contribution < -0.4 is 4.72 Å². The minimum Gasteiger partial charge on any atom is -0.480 e. The molecule has 0 saturated carbocycles. The maximum Gasteiger partial charge on any atom is 0.322 e. The van der Waals surface area contributed by atoms with Crippen molar-refractivity contribution in [2.45, 2.75) is 34.0 Å². The molecular formula is C18H18N2O4S3. The summed E-state index contributed by atoms with van der Waals surface area (Å²) in [6.07, 6.45) is 0. The van der Waals surface area contributed by atoms with Crippen LogP contribution in [-0.4, -0.2) is 30.5 Å². The predicted molar refractivity (Wildman–Crippen MR) is 107 cm³/mol. The number of hydrogen-bond donors (Lipinski definition) is 2. The average Bonchev–Trinajstić information content (AvgIpc) is 3.01. The Hall–Kier alpha value is -1.94. The second-order valence-corrected chi connectivity index (χ2v) is 10.3. The third kappa shape index (κ3) is 4.67. The minimum atomic E-state index is -3.95. The van der Waals surface area contributed by atoms with E-state index in [0.29, 0.717) is 5.52 Å². The molecular weight excluding hydrogens is 404 g/mol. The fourth-order valence-corrected chi connectivity index (χ4v) is 5.93. The van der Waals surface area contributed by atoms with E-state index in [0.717, 1.165) is 13.9 Å². The molecule has 1 aromatic heterocycles. The van der Waals surface area contributed by atoms with E-state index in [-0.39, 0.29) is 10.8 Å². The van der Waals surface area contributed by atoms with E-state index in [1.807, 2.05) is 30.3 Å². The van der Waals surface area contributed by atoms with Gasteiger partial charge in [0.15, 0.2) is 4.34 Å². The van der Waals surface area contributed by atoms with Crippen LogP contribution >= 0.6 is 23.1 Å². The molecule has 0 radical (unpaired) electrons. The van der Waals surface area contributed by atoms with E-state index in [1.165, 1.54) is 35.2 Å². The van der Waals surface area contributed by atoms with Crippen molar-refractivity contribution in [1.82, 2.24) is 9.71 Å². The molecule has 2 N–H and O–H groups in total. The summed E-state index contributed by atoms with van der Waals surface area (Å²) in [5, 5.41) is 9.23. The van der Waals surface area contributed by atoms with E-state index in [2.05, 4.69) is 9.71 Å². The summed E-state index contributed by atoms with van der Waals surface area (Å²) in [5.74, 6) is -1.58. The highest BCUT2D eigenvalue weighted by Crippen LogP contribution is 2.35. The van der Waals surface area contributed by atoms with Gasteiger partial charge in [0, 0.05) is 4.90 Å². The van der Waals surface area contributed by atoms with Gasteiger partial charge in [0.1, 0.15) is 6.04 Å². The van der Waals surface area contributed by atoms with Gasteiger partial charge in [-0.25, -0.2) is 13.4 Å². The first kappa shape index (κ1) is 19.8. The van der Waals surface area contributed by atoms with Crippen LogP contribution in [-0.2, 0) is 14.8 Å². The molecule has 0 spiro atoms. The second kappa shape index (κ2) is 7.97. The third-order valence-corrected chi connectivity index (χ3v) is 7.34. The van der Waals surface area contributed by atoms with Gasteiger partial charge in [-0.15, -0.1) is 11.3 Å². The van der Waals surface area contributed by atoms with Crippen LogP contribution in [0.2, 0.25) is 0 Å². The van der Waals surface area contributed by atoms with Crippen molar-refractivity contribution in [3.8, 4) is 0 Å². The topological polar surface area (TPSA) is 96.4 Å². The number of aliphatic carboxylic acids is 1. The van der Waals surface area contributed by atoms with Crippen LogP contribution in [0.5, 0.6) is 0 Å². The number of carbonyl (C=O) groups is 1. The van der Waals surface area contributed by atoms with Crippen molar-refractivity contribution in [3.63, 3.8) is 0 Å². The maximum atomic E-state index is 12.6. The van der Waals surface area contributed by atoms with Gasteiger partial charge in [0.25, 0.3) is 0 Å². The number of sulfonamides is 1. The SMILES string of the molecule is CC(C)[C@@H](NS(=O)(=O)c1ccc2nc(Sc3ccccc3)sc2c1)C(=O)O. The molecule has 9 heteroatoms. The van der Waals surface area contributed by atoms with Gasteiger partial charge < -0.3 is 5.11 Å². The van der Waals surface area contributed by atoms with Crippen molar-refractivity contribution >= 4 is 49.3 Å². The number of hydrogen-bond acceptors (Lipinski definition) is 6. The number of benzene rings is 2. The van der Waals surface area contributed by atoms with Crippen molar-refractivity contribution in [2.75, 3.05) is 0 Å². The number of thiazole rings is 1. The van der Waals surface area contributed by atoms with Gasteiger partial charge >= 0.3 is 5.97 Å². The van der Waals surface area contributed by atoms with Crippen molar-refractivity contribution in [3.05, 3.63) is 48.5 Å². The largest absolute Gasteiger partial charge is 0.480 e. The Labute approximate surface area is 165 Å². The van der Waals surface area contributed by atoms with Gasteiger partial charge in [-0.3, -0.25) is 4.79 Å². The van der Waals surface area contributed by atoms with Crippen LogP contribution in [0.25, 0.3) is 10.2 Å². The molecule has 3 aromatic rings. The summed E-state index contributed by atoms with van der Waals surface area (Å²) in [7, 11) is -3.95. The second-order valence-electron chi connectivity index (χ2n) is 6.21. The number of aromatic nitrogens is 1. The predicted octanol–water partition coefficient (Wildman–Crippen LogP) is 3.84. The molecule has 27 heavy (non-hydrogen) atoms. The molecule has 3 rings (SSSR count). The van der Waals surface area contributed by atoms with E-state index in [1.54, 1.807) is 19.9 Å². The lowest BCUT2D eigenvalue weighted by Crippen LogP contribution is -2.44. The zero-order valence-electron chi connectivity index (χ0n) is 14.6. The minimum absolute atomic E-state index is 0.0295. The molecule has 2 aromatic carbocycles. The molecule has 0 bridgehead atoms. The number of carboxylic acid groups (broad SMARTS) is 1. The van der Waals surface area contributed by atoms with E-state index in [9.17, 15) is 18.3 Å². The highest BCUT2D eigenvalue weighted by atomic mass is 32.2. The first-order valence-electron chi connectivity index (χ1n) is 8.15. The van der Waals surface area contributed by atoms with Crippen LogP contribution in [0, 0.1) is 5.92 Å². The normalized spacial score (nSPS) is 13.1. The summed E-state index contributed by atoms with van der Waals surface area (Å²) in [6, 6.07) is 13.2. The summed E-state index contributed by atoms with van der Waals surface area (Å²) in [5.41, 5.74) is 0.705. The van der Waals surface area contributed by atoms with Crippen molar-refractivity contribution in [2.24, 2.45) is 5.92 Å². The van der Waals surface area contributed by atoms with Crippen molar-refractivity contribution in [1.29, 1.82) is 0 Å². The van der Waals surface area contributed by atoms with Crippen LogP contribution in [0.3, 0.4) is 0 Å². The Morgan fingerprint density at radius 2 is 1.89 bits per heavy atom. The molecule has 0 saturated heterocycles. The van der Waals surface area contributed by atoms with E-state index >= 15 is 0 Å². The quantitative estimate of drug-likeness (QED) is 0.601. The lowest BCUT2D eigenvalue weighted by molar-refractivity contribution is -0.140. The summed E-state index contributed by atoms with van der Waals surface area (Å²) in [6.45, 7) is 3.31. The molecule has 1 heterocycles. The molecule has 6 nitrogen and oxygen atoms in total. The Morgan fingerprint density at radius 3 is 2.52 bits per heavy atom. The fraction of sp³-hybridized carbons (Fsp3) is 0.222. The number of nitrogens with one attached hydrogen (secondary N) is 1. The number of rotatable bonds is 7. The highest BCUT2D eigenvalue weighted by molar-refractivity contribution is 8.01. The zero-order chi connectivity index (χ0) is 19.6. The van der Waals surface area contributed by atoms with Crippen molar-refractivity contribution < 1.29 is 18.3 Å². The smallest absolute Gasteiger partial charge is 0.322 e. The van der Waals surface area contributed by atoms with Gasteiger partial charge in [-0.1, -0.05) is 43.8 Å². The Balaban J connectivity index is 1.88. The van der Waals surface area contributed by atoms with E-state index < -0.39 is 22.0 Å². The maximum absolute atomic E-state index is 12.6. The number of nitrogens with zero attached hydrogens (tertiary/aromatic N) is 1. The number of fused-ring (bicyclic) bond motifs is 1. The monoisotopic (exact) mass is 422 g/mol. The molecule has 0 amide bonds. The highest BCUT2D eigenvalue weighted by Gasteiger charge is 2.28. The first-order valence-corrected chi connectivity index (χ1v) is 11.3. The van der Waals surface area contributed by atoms with Gasteiger partial charge in [-0.2, -0.15) is 4.72 Å². The van der Waals surface area contributed by atoms with E-state index in [4.69, 9.17) is 0 Å². The third-order valence-electron chi connectivity index (χ3n) is 3.81. The summed E-state index contributed by atoms with van der Waals surface area (Å²) >= 11 is 2.91. The molecule has 0 aliphatic heterocycles. The van der Waals surface area contributed by atoms with Gasteiger partial charge in [-0.05, 0) is 36.2 Å². The molecule has 0 aliphatic rings. The van der Waals surface area contributed by atoms with Crippen LogP contribution in [0.1, 0.15) is 13.8 Å². The molecule has 0 unspecified atom stereocenters. The Kier molecular flexibility index (Phi) is 5.85. The molecule has 1 atom stereocenters. The lowest BCUT2D eigenvalue weighted by Gasteiger charge is -2.17. The molecule has 0 fully saturated rings. The standard InChI is InChI=1S/C18H18N2O4S3/c1-11(2)16(17(21)22)20-27(23,24)13-8-9-14-15(10-13)26-18(19-14)25-12-6-4-3-5-7-12/h3-11,16,20H,1-2H3,(H,21,22)/t16-/m1/s1. The Morgan fingerprint density at radius 1 is 1.19 bits per heavy atom. The van der Waals surface area contributed by atoms with Crippen LogP contribution in [0.4, 0.5) is 0 Å². The van der Waals surface area contributed by atoms with Crippen LogP contribution in [0.15, 0.2) is 62.7 Å².